The maximum Gasteiger partial charge on any atom is 0.142 e. The Morgan fingerprint density at radius 3 is 2.32 bits per heavy atom. The first kappa shape index (κ1) is 17.7. The van der Waals surface area contributed by atoms with E-state index in [1.165, 1.54) is 12.1 Å². The molecule has 0 saturated heterocycles. The molecule has 3 aromatic rings. The Hall–Kier alpha value is -2.15. The predicted molar refractivity (Wildman–Crippen MR) is 104 cm³/mol. The van der Waals surface area contributed by atoms with Crippen LogP contribution in [0, 0.1) is 15.2 Å². The zero-order chi connectivity index (χ0) is 17.8. The second-order valence-corrected chi connectivity index (χ2v) is 7.00. The molecule has 0 atom stereocenters. The van der Waals surface area contributed by atoms with Crippen LogP contribution in [0.25, 0.3) is 0 Å². The molecule has 0 aliphatic rings. The zero-order valence-corrected chi connectivity index (χ0v) is 15.4. The van der Waals surface area contributed by atoms with E-state index in [0.717, 1.165) is 15.2 Å². The summed E-state index contributed by atoms with van der Waals surface area (Å²) in [4.78, 5) is 0. The van der Waals surface area contributed by atoms with E-state index in [1.54, 1.807) is 12.1 Å². The van der Waals surface area contributed by atoms with E-state index in [0.29, 0.717) is 23.4 Å². The van der Waals surface area contributed by atoms with Crippen molar-refractivity contribution in [1.82, 2.24) is 0 Å². The van der Waals surface area contributed by atoms with Gasteiger partial charge in [-0.15, -0.1) is 0 Å². The van der Waals surface area contributed by atoms with E-state index in [2.05, 4.69) is 34.0 Å². The summed E-state index contributed by atoms with van der Waals surface area (Å²) >= 11 is 2.25. The Kier molecular flexibility index (Phi) is 5.53. The van der Waals surface area contributed by atoms with Crippen LogP contribution < -0.4 is 5.32 Å². The molecular weight excluding hydrogens is 435 g/mol. The lowest BCUT2D eigenvalue weighted by Gasteiger charge is -2.12. The standard InChI is InChI=1S/C20H16F2INO/c21-16-8-14(9-17(22)11-16)7-15-4-2-6-19(20(15)25)24-12-13-3-1-5-18(23)10-13/h1-6,8-11,24-25H,7,12H2. The van der Waals surface area contributed by atoms with Gasteiger partial charge in [0.2, 0.25) is 0 Å². The number of phenols is 1. The van der Waals surface area contributed by atoms with Crippen LogP contribution in [-0.2, 0) is 13.0 Å². The zero-order valence-electron chi connectivity index (χ0n) is 13.3. The Balaban J connectivity index is 1.77. The van der Waals surface area contributed by atoms with Crippen LogP contribution in [0.3, 0.4) is 0 Å². The molecule has 0 amide bonds. The monoisotopic (exact) mass is 451 g/mol. The van der Waals surface area contributed by atoms with Crippen molar-refractivity contribution in [2.24, 2.45) is 0 Å². The largest absolute Gasteiger partial charge is 0.505 e. The second kappa shape index (κ2) is 7.82. The molecule has 0 radical (unpaired) electrons. The quantitative estimate of drug-likeness (QED) is 0.398. The van der Waals surface area contributed by atoms with E-state index in [-0.39, 0.29) is 12.2 Å². The maximum absolute atomic E-state index is 13.3. The van der Waals surface area contributed by atoms with Gasteiger partial charge in [-0.3, -0.25) is 0 Å². The molecule has 3 aromatic carbocycles. The third-order valence-corrected chi connectivity index (χ3v) is 4.48. The van der Waals surface area contributed by atoms with Gasteiger partial charge in [-0.05, 0) is 64.0 Å². The molecule has 0 spiro atoms. The first-order chi connectivity index (χ1) is 12.0. The summed E-state index contributed by atoms with van der Waals surface area (Å²) in [5.74, 6) is -1.15. The van der Waals surface area contributed by atoms with Crippen LogP contribution in [0.5, 0.6) is 5.75 Å². The van der Waals surface area contributed by atoms with Gasteiger partial charge < -0.3 is 10.4 Å². The third kappa shape index (κ3) is 4.69. The number of benzene rings is 3. The fourth-order valence-electron chi connectivity index (χ4n) is 2.65. The molecule has 5 heteroatoms. The SMILES string of the molecule is Oc1c(Cc2cc(F)cc(F)c2)cccc1NCc1cccc(I)c1. The molecule has 0 aromatic heterocycles. The van der Waals surface area contributed by atoms with Gasteiger partial charge in [-0.1, -0.05) is 24.3 Å². The van der Waals surface area contributed by atoms with Gasteiger partial charge in [-0.25, -0.2) is 8.78 Å². The molecule has 0 aliphatic heterocycles. The Bertz CT molecular complexity index is 878. The number of para-hydroxylation sites is 1. The Labute approximate surface area is 158 Å². The van der Waals surface area contributed by atoms with Crippen molar-refractivity contribution in [3.8, 4) is 5.75 Å². The topological polar surface area (TPSA) is 32.3 Å². The summed E-state index contributed by atoms with van der Waals surface area (Å²) in [6.07, 6.45) is 0.249. The Morgan fingerprint density at radius 1 is 0.880 bits per heavy atom. The lowest BCUT2D eigenvalue weighted by atomic mass is 10.0. The highest BCUT2D eigenvalue weighted by Gasteiger charge is 2.09. The molecule has 2 N–H and O–H groups in total. The second-order valence-electron chi connectivity index (χ2n) is 5.75. The van der Waals surface area contributed by atoms with Crippen molar-refractivity contribution in [3.63, 3.8) is 0 Å². The number of aromatic hydroxyl groups is 1. The summed E-state index contributed by atoms with van der Waals surface area (Å²) in [7, 11) is 0. The van der Waals surface area contributed by atoms with Gasteiger partial charge in [0.05, 0.1) is 5.69 Å². The van der Waals surface area contributed by atoms with E-state index in [4.69, 9.17) is 0 Å². The number of anilines is 1. The van der Waals surface area contributed by atoms with Crippen LogP contribution in [0.4, 0.5) is 14.5 Å². The highest BCUT2D eigenvalue weighted by molar-refractivity contribution is 14.1. The Morgan fingerprint density at radius 2 is 1.60 bits per heavy atom. The van der Waals surface area contributed by atoms with Crippen molar-refractivity contribution in [1.29, 1.82) is 0 Å². The van der Waals surface area contributed by atoms with Gasteiger partial charge in [0.15, 0.2) is 0 Å². The third-order valence-electron chi connectivity index (χ3n) is 3.81. The van der Waals surface area contributed by atoms with Gasteiger partial charge in [0.1, 0.15) is 17.4 Å². The molecule has 2 nitrogen and oxygen atoms in total. The van der Waals surface area contributed by atoms with Crippen molar-refractivity contribution < 1.29 is 13.9 Å². The van der Waals surface area contributed by atoms with E-state index in [9.17, 15) is 13.9 Å². The number of nitrogens with one attached hydrogen (secondary N) is 1. The highest BCUT2D eigenvalue weighted by Crippen LogP contribution is 2.30. The van der Waals surface area contributed by atoms with Gasteiger partial charge >= 0.3 is 0 Å². The molecule has 0 saturated carbocycles. The van der Waals surface area contributed by atoms with Gasteiger partial charge in [0.25, 0.3) is 0 Å². The van der Waals surface area contributed by atoms with Crippen molar-refractivity contribution in [2.45, 2.75) is 13.0 Å². The van der Waals surface area contributed by atoms with Crippen molar-refractivity contribution >= 4 is 28.3 Å². The van der Waals surface area contributed by atoms with Crippen LogP contribution in [-0.4, -0.2) is 5.11 Å². The summed E-state index contributed by atoms with van der Waals surface area (Å²) in [6.45, 7) is 0.572. The first-order valence-corrected chi connectivity index (χ1v) is 8.83. The molecule has 0 heterocycles. The summed E-state index contributed by atoms with van der Waals surface area (Å²) in [5.41, 5.74) is 2.78. The minimum absolute atomic E-state index is 0.0952. The van der Waals surface area contributed by atoms with Gasteiger partial charge in [-0.2, -0.15) is 0 Å². The average Bonchev–Trinajstić information content (AvgIpc) is 2.55. The van der Waals surface area contributed by atoms with Crippen LogP contribution in [0.2, 0.25) is 0 Å². The summed E-state index contributed by atoms with van der Waals surface area (Å²) in [6, 6.07) is 16.8. The number of hydrogen-bond acceptors (Lipinski definition) is 2. The minimum Gasteiger partial charge on any atom is -0.505 e. The minimum atomic E-state index is -0.623. The highest BCUT2D eigenvalue weighted by atomic mass is 127. The maximum atomic E-state index is 13.3. The molecular formula is C20H16F2INO. The lowest BCUT2D eigenvalue weighted by Crippen LogP contribution is -2.01. The smallest absolute Gasteiger partial charge is 0.142 e. The van der Waals surface area contributed by atoms with Gasteiger partial charge in [0, 0.05) is 28.2 Å². The predicted octanol–water partition coefficient (Wildman–Crippen LogP) is 5.48. The molecule has 0 aliphatic carbocycles. The van der Waals surface area contributed by atoms with Crippen molar-refractivity contribution in [2.75, 3.05) is 5.32 Å². The number of hydrogen-bond donors (Lipinski definition) is 2. The number of rotatable bonds is 5. The van der Waals surface area contributed by atoms with Crippen LogP contribution in [0.15, 0.2) is 60.7 Å². The molecule has 0 unspecified atom stereocenters. The average molecular weight is 451 g/mol. The van der Waals surface area contributed by atoms with E-state index >= 15 is 0 Å². The normalized spacial score (nSPS) is 10.7. The fourth-order valence-corrected chi connectivity index (χ4v) is 3.26. The fraction of sp³-hybridized carbons (Fsp3) is 0.100. The molecule has 3 rings (SSSR count). The molecule has 128 valence electrons. The number of phenolic OH excluding ortho intramolecular Hbond substituents is 1. The van der Waals surface area contributed by atoms with E-state index < -0.39 is 11.6 Å². The number of halogens is 3. The molecule has 0 fully saturated rings. The lowest BCUT2D eigenvalue weighted by molar-refractivity contribution is 0.471. The molecule has 25 heavy (non-hydrogen) atoms. The summed E-state index contributed by atoms with van der Waals surface area (Å²) < 4.78 is 27.8. The first-order valence-electron chi connectivity index (χ1n) is 7.75. The summed E-state index contributed by atoms with van der Waals surface area (Å²) in [5, 5.41) is 13.7. The van der Waals surface area contributed by atoms with Crippen LogP contribution in [0.1, 0.15) is 16.7 Å². The van der Waals surface area contributed by atoms with Crippen molar-refractivity contribution in [3.05, 3.63) is 92.6 Å². The molecule has 0 bridgehead atoms. The van der Waals surface area contributed by atoms with E-state index in [1.807, 2.05) is 24.3 Å². The van der Waals surface area contributed by atoms with Crippen LogP contribution >= 0.6 is 22.6 Å².